The summed E-state index contributed by atoms with van der Waals surface area (Å²) in [5.74, 6) is 0.279. The minimum absolute atomic E-state index is 0.0874. The highest BCUT2D eigenvalue weighted by molar-refractivity contribution is 7.92. The Morgan fingerprint density at radius 1 is 1.03 bits per heavy atom. The molecule has 32 heavy (non-hydrogen) atoms. The Morgan fingerprint density at radius 2 is 1.66 bits per heavy atom. The number of carbonyl (C=O) groups excluding carboxylic acids is 1. The first kappa shape index (κ1) is 23.4. The second kappa shape index (κ2) is 10.3. The maximum atomic E-state index is 12.9. The molecule has 168 valence electrons. The van der Waals surface area contributed by atoms with Gasteiger partial charge in [0.1, 0.15) is 0 Å². The third-order valence-electron chi connectivity index (χ3n) is 4.76. The number of rotatable bonds is 9. The summed E-state index contributed by atoms with van der Waals surface area (Å²) in [6.45, 7) is 3.47. The van der Waals surface area contributed by atoms with Crippen molar-refractivity contribution in [2.75, 3.05) is 13.6 Å². The Kier molecular flexibility index (Phi) is 7.55. The average molecular weight is 455 g/mol. The van der Waals surface area contributed by atoms with Crippen LogP contribution in [0.1, 0.15) is 25.3 Å². The van der Waals surface area contributed by atoms with E-state index >= 15 is 0 Å². The third-order valence-corrected chi connectivity index (χ3v) is 6.24. The standard InChI is InChI=1S/C23H26N4O4S/c1-18(2)27(16-21-24-25-23(31-21)20-12-8-5-9-13-20)22(28)17-26(3)32(29,30)15-14-19-10-6-4-7-11-19/h4-15,18H,16-17H2,1-3H3/b15-14+. The van der Waals surface area contributed by atoms with Gasteiger partial charge in [-0.25, -0.2) is 8.42 Å². The Bertz CT molecular complexity index is 1160. The third kappa shape index (κ3) is 6.12. The van der Waals surface area contributed by atoms with Crippen molar-refractivity contribution in [1.29, 1.82) is 0 Å². The van der Waals surface area contributed by atoms with Gasteiger partial charge in [-0.3, -0.25) is 4.79 Å². The van der Waals surface area contributed by atoms with E-state index in [0.29, 0.717) is 5.89 Å². The van der Waals surface area contributed by atoms with E-state index in [2.05, 4.69) is 10.2 Å². The predicted octanol–water partition coefficient (Wildman–Crippen LogP) is 3.41. The van der Waals surface area contributed by atoms with Gasteiger partial charge in [0.2, 0.25) is 27.7 Å². The van der Waals surface area contributed by atoms with E-state index in [1.54, 1.807) is 12.1 Å². The summed E-state index contributed by atoms with van der Waals surface area (Å²) in [5, 5.41) is 9.17. The Morgan fingerprint density at radius 3 is 2.28 bits per heavy atom. The number of hydrogen-bond acceptors (Lipinski definition) is 6. The van der Waals surface area contributed by atoms with Gasteiger partial charge in [-0.2, -0.15) is 4.31 Å². The van der Waals surface area contributed by atoms with Crippen LogP contribution in [0.4, 0.5) is 0 Å². The van der Waals surface area contributed by atoms with Gasteiger partial charge in [0, 0.05) is 24.1 Å². The van der Waals surface area contributed by atoms with Crippen LogP contribution >= 0.6 is 0 Å². The average Bonchev–Trinajstić information content (AvgIpc) is 3.26. The summed E-state index contributed by atoms with van der Waals surface area (Å²) in [7, 11) is -2.39. The molecule has 2 aromatic carbocycles. The molecule has 0 aliphatic heterocycles. The van der Waals surface area contributed by atoms with Crippen molar-refractivity contribution < 1.29 is 17.6 Å². The number of hydrogen-bond donors (Lipinski definition) is 0. The smallest absolute Gasteiger partial charge is 0.247 e. The molecule has 1 amide bonds. The summed E-state index contributed by atoms with van der Waals surface area (Å²) in [5.41, 5.74) is 1.54. The van der Waals surface area contributed by atoms with Crippen LogP contribution < -0.4 is 0 Å². The molecule has 0 saturated carbocycles. The minimum Gasteiger partial charge on any atom is -0.419 e. The van der Waals surface area contributed by atoms with E-state index in [1.165, 1.54) is 18.0 Å². The zero-order chi connectivity index (χ0) is 23.1. The highest BCUT2D eigenvalue weighted by Crippen LogP contribution is 2.18. The first-order chi connectivity index (χ1) is 15.3. The number of carbonyl (C=O) groups is 1. The summed E-state index contributed by atoms with van der Waals surface area (Å²) >= 11 is 0. The van der Waals surface area contributed by atoms with Gasteiger partial charge < -0.3 is 9.32 Å². The molecule has 0 saturated heterocycles. The Hall–Kier alpha value is -3.30. The van der Waals surface area contributed by atoms with Crippen molar-refractivity contribution >= 4 is 22.0 Å². The molecule has 3 aromatic rings. The van der Waals surface area contributed by atoms with Gasteiger partial charge in [-0.15, -0.1) is 10.2 Å². The highest BCUT2D eigenvalue weighted by Gasteiger charge is 2.25. The van der Waals surface area contributed by atoms with Crippen molar-refractivity contribution in [1.82, 2.24) is 19.4 Å². The van der Waals surface area contributed by atoms with Crippen LogP contribution in [0.2, 0.25) is 0 Å². The molecule has 0 fully saturated rings. The molecule has 0 N–H and O–H groups in total. The summed E-state index contributed by atoms with van der Waals surface area (Å²) < 4.78 is 31.9. The fourth-order valence-corrected chi connectivity index (χ4v) is 3.75. The molecule has 0 spiro atoms. The van der Waals surface area contributed by atoms with E-state index < -0.39 is 10.0 Å². The molecule has 1 aromatic heterocycles. The normalized spacial score (nSPS) is 12.0. The SMILES string of the molecule is CC(C)N(Cc1nnc(-c2ccccc2)o1)C(=O)CN(C)S(=O)(=O)/C=C/c1ccccc1. The van der Waals surface area contributed by atoms with Crippen molar-refractivity contribution in [2.45, 2.75) is 26.4 Å². The van der Waals surface area contributed by atoms with Crippen molar-refractivity contribution in [2.24, 2.45) is 0 Å². The van der Waals surface area contributed by atoms with E-state index in [9.17, 15) is 13.2 Å². The molecule has 1 heterocycles. The lowest BCUT2D eigenvalue weighted by atomic mass is 10.2. The van der Waals surface area contributed by atoms with Crippen LogP contribution in [0.25, 0.3) is 17.5 Å². The molecule has 8 nitrogen and oxygen atoms in total. The van der Waals surface area contributed by atoms with E-state index in [4.69, 9.17) is 4.42 Å². The molecule has 0 radical (unpaired) electrons. The fourth-order valence-electron chi connectivity index (χ4n) is 2.92. The van der Waals surface area contributed by atoms with Crippen LogP contribution in [0.3, 0.4) is 0 Å². The van der Waals surface area contributed by atoms with Crippen LogP contribution in [0.15, 0.2) is 70.5 Å². The highest BCUT2D eigenvalue weighted by atomic mass is 32.2. The number of likely N-dealkylation sites (N-methyl/N-ethyl adjacent to an activating group) is 1. The van der Waals surface area contributed by atoms with Crippen LogP contribution in [0, 0.1) is 0 Å². The molecular formula is C23H26N4O4S. The maximum Gasteiger partial charge on any atom is 0.247 e. The Balaban J connectivity index is 1.67. The molecule has 0 bridgehead atoms. The zero-order valence-corrected chi connectivity index (χ0v) is 19.1. The molecular weight excluding hydrogens is 428 g/mol. The second-order valence-corrected chi connectivity index (χ2v) is 9.42. The molecule has 0 atom stereocenters. The number of sulfonamides is 1. The van der Waals surface area contributed by atoms with Crippen LogP contribution in [-0.2, 0) is 21.4 Å². The number of aromatic nitrogens is 2. The zero-order valence-electron chi connectivity index (χ0n) is 18.2. The topological polar surface area (TPSA) is 96.6 Å². The summed E-state index contributed by atoms with van der Waals surface area (Å²) in [6.07, 6.45) is 1.50. The summed E-state index contributed by atoms with van der Waals surface area (Å²) in [6, 6.07) is 18.2. The van der Waals surface area contributed by atoms with Gasteiger partial charge >= 0.3 is 0 Å². The lowest BCUT2D eigenvalue weighted by Crippen LogP contribution is -2.43. The molecule has 0 aliphatic carbocycles. The number of amides is 1. The lowest BCUT2D eigenvalue weighted by molar-refractivity contribution is -0.133. The van der Waals surface area contributed by atoms with Gasteiger partial charge in [0.05, 0.1) is 13.1 Å². The first-order valence-corrected chi connectivity index (χ1v) is 11.6. The van der Waals surface area contributed by atoms with E-state index in [1.807, 2.05) is 62.4 Å². The van der Waals surface area contributed by atoms with Crippen LogP contribution in [0.5, 0.6) is 0 Å². The lowest BCUT2D eigenvalue weighted by Gasteiger charge is -2.27. The fraction of sp³-hybridized carbons (Fsp3) is 0.261. The molecule has 3 rings (SSSR count). The minimum atomic E-state index is -3.76. The van der Waals surface area contributed by atoms with Crippen LogP contribution in [-0.4, -0.2) is 53.4 Å². The summed E-state index contributed by atoms with van der Waals surface area (Å²) in [4.78, 5) is 14.4. The van der Waals surface area contributed by atoms with Gasteiger partial charge in [0.15, 0.2) is 0 Å². The molecule has 9 heteroatoms. The van der Waals surface area contributed by atoms with Gasteiger partial charge in [-0.05, 0) is 37.6 Å². The number of benzene rings is 2. The van der Waals surface area contributed by atoms with Crippen molar-refractivity contribution in [3.63, 3.8) is 0 Å². The first-order valence-electron chi connectivity index (χ1n) is 10.1. The quantitative estimate of drug-likeness (QED) is 0.492. The number of nitrogens with zero attached hydrogens (tertiary/aromatic N) is 4. The molecule has 0 aliphatic rings. The van der Waals surface area contributed by atoms with Gasteiger partial charge in [-0.1, -0.05) is 48.5 Å². The van der Waals surface area contributed by atoms with Crippen molar-refractivity contribution in [3.05, 3.63) is 77.5 Å². The van der Waals surface area contributed by atoms with Gasteiger partial charge in [0.25, 0.3) is 0 Å². The second-order valence-electron chi connectivity index (χ2n) is 7.50. The molecule has 0 unspecified atom stereocenters. The van der Waals surface area contributed by atoms with E-state index in [-0.39, 0.29) is 30.9 Å². The predicted molar refractivity (Wildman–Crippen MR) is 122 cm³/mol. The largest absolute Gasteiger partial charge is 0.419 e. The Labute approximate surface area is 188 Å². The van der Waals surface area contributed by atoms with Crippen molar-refractivity contribution in [3.8, 4) is 11.5 Å². The monoisotopic (exact) mass is 454 g/mol. The van der Waals surface area contributed by atoms with E-state index in [0.717, 1.165) is 20.8 Å². The maximum absolute atomic E-state index is 12.9.